The standard InChI is InChI=1S/C14H26N4O/c1-3-12(6-9-15)4-5-14(19)16-10-7-13-8-11-17-18(13)2/h8,11-12H,3-7,9-10,15H2,1-2H3,(H,16,19). The molecular weight excluding hydrogens is 240 g/mol. The first-order chi connectivity index (χ1) is 9.17. The molecule has 0 aromatic carbocycles. The molecule has 0 saturated heterocycles. The van der Waals surface area contributed by atoms with Gasteiger partial charge in [0.25, 0.3) is 0 Å². The number of aromatic nitrogens is 2. The van der Waals surface area contributed by atoms with Crippen LogP contribution in [-0.4, -0.2) is 28.8 Å². The molecule has 1 rings (SSSR count). The molecule has 1 aromatic rings. The molecule has 1 amide bonds. The highest BCUT2D eigenvalue weighted by Crippen LogP contribution is 2.14. The summed E-state index contributed by atoms with van der Waals surface area (Å²) in [7, 11) is 1.91. The van der Waals surface area contributed by atoms with E-state index in [1.54, 1.807) is 6.20 Å². The van der Waals surface area contributed by atoms with Crippen LogP contribution >= 0.6 is 0 Å². The van der Waals surface area contributed by atoms with Crippen molar-refractivity contribution in [1.82, 2.24) is 15.1 Å². The van der Waals surface area contributed by atoms with E-state index in [0.29, 0.717) is 25.4 Å². The van der Waals surface area contributed by atoms with Crippen LogP contribution in [0.15, 0.2) is 12.3 Å². The highest BCUT2D eigenvalue weighted by atomic mass is 16.1. The number of aryl methyl sites for hydroxylation is 1. The molecule has 1 heterocycles. The van der Waals surface area contributed by atoms with Gasteiger partial charge in [0.1, 0.15) is 0 Å². The molecule has 0 aliphatic carbocycles. The molecule has 0 fully saturated rings. The third-order valence-electron chi connectivity index (χ3n) is 3.56. The summed E-state index contributed by atoms with van der Waals surface area (Å²) in [5.41, 5.74) is 6.69. The van der Waals surface area contributed by atoms with Crippen LogP contribution in [0.2, 0.25) is 0 Å². The fourth-order valence-electron chi connectivity index (χ4n) is 2.19. The van der Waals surface area contributed by atoms with Crippen molar-refractivity contribution in [3.8, 4) is 0 Å². The molecule has 1 unspecified atom stereocenters. The van der Waals surface area contributed by atoms with E-state index < -0.39 is 0 Å². The molecule has 108 valence electrons. The van der Waals surface area contributed by atoms with E-state index >= 15 is 0 Å². The summed E-state index contributed by atoms with van der Waals surface area (Å²) in [6.07, 6.45) is 6.24. The van der Waals surface area contributed by atoms with Crippen molar-refractivity contribution >= 4 is 5.91 Å². The molecule has 5 heteroatoms. The smallest absolute Gasteiger partial charge is 0.220 e. The molecule has 3 N–H and O–H groups in total. The SMILES string of the molecule is CCC(CCN)CCC(=O)NCCc1ccnn1C. The normalized spacial score (nSPS) is 12.4. The maximum atomic E-state index is 11.7. The summed E-state index contributed by atoms with van der Waals surface area (Å²) in [5, 5.41) is 7.06. The maximum Gasteiger partial charge on any atom is 0.220 e. The van der Waals surface area contributed by atoms with Gasteiger partial charge in [0.2, 0.25) is 5.91 Å². The monoisotopic (exact) mass is 266 g/mol. The average Bonchev–Trinajstić information content (AvgIpc) is 2.80. The van der Waals surface area contributed by atoms with Gasteiger partial charge in [-0.15, -0.1) is 0 Å². The molecule has 0 bridgehead atoms. The molecule has 0 aliphatic heterocycles. The van der Waals surface area contributed by atoms with Crippen molar-refractivity contribution in [2.75, 3.05) is 13.1 Å². The minimum atomic E-state index is 0.137. The Morgan fingerprint density at radius 3 is 2.89 bits per heavy atom. The van der Waals surface area contributed by atoms with Crippen molar-refractivity contribution in [3.05, 3.63) is 18.0 Å². The molecule has 0 spiro atoms. The van der Waals surface area contributed by atoms with Gasteiger partial charge in [0.15, 0.2) is 0 Å². The Labute approximate surface area is 115 Å². The first-order valence-electron chi connectivity index (χ1n) is 7.11. The molecular formula is C14H26N4O. The number of carbonyl (C=O) groups excluding carboxylic acids is 1. The Morgan fingerprint density at radius 1 is 1.53 bits per heavy atom. The molecule has 1 aromatic heterocycles. The van der Waals surface area contributed by atoms with Gasteiger partial charge in [-0.05, 0) is 31.4 Å². The van der Waals surface area contributed by atoms with E-state index in [1.807, 2.05) is 17.8 Å². The highest BCUT2D eigenvalue weighted by Gasteiger charge is 2.08. The van der Waals surface area contributed by atoms with Crippen LogP contribution in [0.4, 0.5) is 0 Å². The van der Waals surface area contributed by atoms with E-state index in [4.69, 9.17) is 5.73 Å². The van der Waals surface area contributed by atoms with Gasteiger partial charge >= 0.3 is 0 Å². The molecule has 0 radical (unpaired) electrons. The first kappa shape index (κ1) is 15.7. The summed E-state index contributed by atoms with van der Waals surface area (Å²) >= 11 is 0. The summed E-state index contributed by atoms with van der Waals surface area (Å²) in [4.78, 5) is 11.7. The van der Waals surface area contributed by atoms with E-state index in [9.17, 15) is 4.79 Å². The number of nitrogens with one attached hydrogen (secondary N) is 1. The topological polar surface area (TPSA) is 72.9 Å². The van der Waals surface area contributed by atoms with Gasteiger partial charge in [-0.1, -0.05) is 13.3 Å². The van der Waals surface area contributed by atoms with Crippen LogP contribution in [0.25, 0.3) is 0 Å². The van der Waals surface area contributed by atoms with Crippen LogP contribution in [-0.2, 0) is 18.3 Å². The summed E-state index contributed by atoms with van der Waals surface area (Å²) in [5.74, 6) is 0.713. The van der Waals surface area contributed by atoms with Gasteiger partial charge in [-0.2, -0.15) is 5.10 Å². The van der Waals surface area contributed by atoms with Crippen molar-refractivity contribution in [2.24, 2.45) is 18.7 Å². The van der Waals surface area contributed by atoms with Gasteiger partial charge < -0.3 is 11.1 Å². The van der Waals surface area contributed by atoms with Gasteiger partial charge in [-0.25, -0.2) is 0 Å². The Kier molecular flexibility index (Phi) is 7.18. The second-order valence-electron chi connectivity index (χ2n) is 4.94. The number of hydrogen-bond acceptors (Lipinski definition) is 3. The van der Waals surface area contributed by atoms with E-state index in [2.05, 4.69) is 17.3 Å². The highest BCUT2D eigenvalue weighted by molar-refractivity contribution is 5.75. The number of nitrogens with zero attached hydrogens (tertiary/aromatic N) is 2. The Morgan fingerprint density at radius 2 is 2.32 bits per heavy atom. The van der Waals surface area contributed by atoms with Gasteiger partial charge in [0, 0.05) is 38.3 Å². The van der Waals surface area contributed by atoms with Crippen LogP contribution in [0.3, 0.4) is 0 Å². The minimum Gasteiger partial charge on any atom is -0.356 e. The zero-order valence-corrected chi connectivity index (χ0v) is 12.1. The lowest BCUT2D eigenvalue weighted by atomic mass is 9.96. The third-order valence-corrected chi connectivity index (χ3v) is 3.56. The predicted molar refractivity (Wildman–Crippen MR) is 76.6 cm³/mol. The fraction of sp³-hybridized carbons (Fsp3) is 0.714. The van der Waals surface area contributed by atoms with E-state index in [-0.39, 0.29) is 5.91 Å². The minimum absolute atomic E-state index is 0.137. The Bertz CT molecular complexity index is 375. The van der Waals surface area contributed by atoms with Crippen molar-refractivity contribution in [2.45, 2.75) is 39.0 Å². The van der Waals surface area contributed by atoms with E-state index in [1.165, 1.54) is 0 Å². The molecule has 0 saturated carbocycles. The number of hydrogen-bond donors (Lipinski definition) is 2. The van der Waals surface area contributed by atoms with Crippen molar-refractivity contribution in [1.29, 1.82) is 0 Å². The van der Waals surface area contributed by atoms with Gasteiger partial charge in [-0.3, -0.25) is 9.48 Å². The summed E-state index contributed by atoms with van der Waals surface area (Å²) in [6, 6.07) is 1.97. The summed E-state index contributed by atoms with van der Waals surface area (Å²) in [6.45, 7) is 3.54. The van der Waals surface area contributed by atoms with Crippen LogP contribution in [0, 0.1) is 5.92 Å². The van der Waals surface area contributed by atoms with Crippen LogP contribution < -0.4 is 11.1 Å². The maximum absolute atomic E-state index is 11.7. The Hall–Kier alpha value is -1.36. The largest absolute Gasteiger partial charge is 0.356 e. The number of nitrogens with two attached hydrogens (primary N) is 1. The predicted octanol–water partition coefficient (Wildman–Crippen LogP) is 1.23. The van der Waals surface area contributed by atoms with Crippen LogP contribution in [0.5, 0.6) is 0 Å². The lowest BCUT2D eigenvalue weighted by Gasteiger charge is -2.13. The summed E-state index contributed by atoms with van der Waals surface area (Å²) < 4.78 is 1.83. The van der Waals surface area contributed by atoms with Crippen LogP contribution in [0.1, 0.15) is 38.3 Å². The fourth-order valence-corrected chi connectivity index (χ4v) is 2.19. The molecule has 1 atom stereocenters. The van der Waals surface area contributed by atoms with E-state index in [0.717, 1.165) is 31.4 Å². The zero-order chi connectivity index (χ0) is 14.1. The lowest BCUT2D eigenvalue weighted by Crippen LogP contribution is -2.26. The molecule has 19 heavy (non-hydrogen) atoms. The lowest BCUT2D eigenvalue weighted by molar-refractivity contribution is -0.121. The molecule has 0 aliphatic rings. The number of carbonyl (C=O) groups is 1. The molecule has 5 nitrogen and oxygen atoms in total. The van der Waals surface area contributed by atoms with Gasteiger partial charge in [0.05, 0.1) is 0 Å². The average molecular weight is 266 g/mol. The Balaban J connectivity index is 2.16. The second kappa shape index (κ2) is 8.69. The number of rotatable bonds is 9. The van der Waals surface area contributed by atoms with Crippen molar-refractivity contribution < 1.29 is 4.79 Å². The number of amides is 1. The zero-order valence-electron chi connectivity index (χ0n) is 12.1. The van der Waals surface area contributed by atoms with Crippen molar-refractivity contribution in [3.63, 3.8) is 0 Å². The third kappa shape index (κ3) is 5.87. The quantitative estimate of drug-likeness (QED) is 0.706. The second-order valence-corrected chi connectivity index (χ2v) is 4.94. The first-order valence-corrected chi connectivity index (χ1v) is 7.11.